The zero-order valence-electron chi connectivity index (χ0n) is 17.6. The maximum absolute atomic E-state index is 11.0. The van der Waals surface area contributed by atoms with Gasteiger partial charge in [-0.15, -0.1) is 5.92 Å². The number of carboxylic acids is 1. The zero-order valence-corrected chi connectivity index (χ0v) is 18.6. The summed E-state index contributed by atoms with van der Waals surface area (Å²) in [5.74, 6) is 5.54. The molecule has 0 aliphatic heterocycles. The summed E-state index contributed by atoms with van der Waals surface area (Å²) in [6.45, 7) is 2.40. The Morgan fingerprint density at radius 2 is 1.96 bits per heavy atom. The van der Waals surface area contributed by atoms with Crippen molar-refractivity contribution in [3.05, 3.63) is 41.5 Å². The van der Waals surface area contributed by atoms with Crippen LogP contribution in [0.3, 0.4) is 0 Å². The molecule has 1 aromatic carbocycles. The molecule has 0 saturated heterocycles. The molecule has 2 aliphatic rings. The topological polar surface area (TPSA) is 46.5 Å². The fourth-order valence-electron chi connectivity index (χ4n) is 4.46. The number of carbonyl (C=O) groups is 1. The normalized spacial score (nSPS) is 18.6. The first kappa shape index (κ1) is 22.1. The van der Waals surface area contributed by atoms with Gasteiger partial charge in [0.15, 0.2) is 0 Å². The van der Waals surface area contributed by atoms with Gasteiger partial charge in [-0.1, -0.05) is 37.0 Å². The van der Waals surface area contributed by atoms with Crippen LogP contribution in [-0.2, 0) is 4.79 Å². The quantitative estimate of drug-likeness (QED) is 0.471. The second-order valence-electron chi connectivity index (χ2n) is 7.69. The van der Waals surface area contributed by atoms with Gasteiger partial charge >= 0.3 is 35.5 Å². The van der Waals surface area contributed by atoms with Crippen molar-refractivity contribution >= 4 is 5.97 Å². The van der Waals surface area contributed by atoms with Crippen LogP contribution in [0.1, 0.15) is 71.2 Å². The average Bonchev–Trinajstić information content (AvgIpc) is 3.07. The van der Waals surface area contributed by atoms with Crippen molar-refractivity contribution in [1.29, 1.82) is 0 Å². The molecule has 3 nitrogen and oxygen atoms in total. The van der Waals surface area contributed by atoms with Gasteiger partial charge in [0.25, 0.3) is 0 Å². The Balaban J connectivity index is 0.00000196. The number of rotatable bonds is 6. The third-order valence-corrected chi connectivity index (χ3v) is 5.78. The van der Waals surface area contributed by atoms with Crippen LogP contribution in [-0.4, -0.2) is 17.7 Å². The molecule has 1 atom stereocenters. The van der Waals surface area contributed by atoms with Gasteiger partial charge in [0.2, 0.25) is 0 Å². The summed E-state index contributed by atoms with van der Waals surface area (Å²) in [5, 5.41) is 9.04. The van der Waals surface area contributed by atoms with Gasteiger partial charge in [-0.3, -0.25) is 4.79 Å². The van der Waals surface area contributed by atoms with E-state index in [1.54, 1.807) is 6.92 Å². The first-order chi connectivity index (χ1) is 12.6. The molecule has 1 spiro atoms. The van der Waals surface area contributed by atoms with Gasteiger partial charge in [-0.25, -0.2) is 0 Å². The Hall–Kier alpha value is -1.21. The third-order valence-electron chi connectivity index (χ3n) is 5.78. The van der Waals surface area contributed by atoms with E-state index in [1.165, 1.54) is 50.5 Å². The molecule has 0 bridgehead atoms. The van der Waals surface area contributed by atoms with E-state index in [1.807, 2.05) is 24.3 Å². The van der Waals surface area contributed by atoms with E-state index in [0.29, 0.717) is 12.0 Å². The van der Waals surface area contributed by atoms with E-state index >= 15 is 0 Å². The standard InChI is InChI=1S/C23H28O3.Na.H/c1-2-6-20(15-22(24)25)19-8-10-21(11-9-19)26-17-18-7-5-14-23(16-18)12-3-4-13-23;;/h7-11,20H,3-5,12-17H2,1H3,(H,24,25);;/q;+1;-1. The van der Waals surface area contributed by atoms with Crippen LogP contribution in [0.15, 0.2) is 35.9 Å². The number of hydrogen-bond acceptors (Lipinski definition) is 2. The largest absolute Gasteiger partial charge is 1.00 e. The smallest absolute Gasteiger partial charge is 1.00 e. The van der Waals surface area contributed by atoms with Crippen molar-refractivity contribution in [1.82, 2.24) is 0 Å². The van der Waals surface area contributed by atoms with E-state index in [0.717, 1.165) is 11.3 Å². The number of ether oxygens (including phenoxy) is 1. The Labute approximate surface area is 186 Å². The van der Waals surface area contributed by atoms with Gasteiger partial charge in [-0.05, 0) is 67.7 Å². The zero-order chi connectivity index (χ0) is 18.4. The molecule has 27 heavy (non-hydrogen) atoms. The first-order valence-electron chi connectivity index (χ1n) is 9.65. The summed E-state index contributed by atoms with van der Waals surface area (Å²) in [4.78, 5) is 11.0. The van der Waals surface area contributed by atoms with Crippen molar-refractivity contribution in [2.45, 2.75) is 64.2 Å². The van der Waals surface area contributed by atoms with Crippen LogP contribution in [0, 0.1) is 17.3 Å². The average molecular weight is 376 g/mol. The van der Waals surface area contributed by atoms with Gasteiger partial charge in [0, 0.05) is 0 Å². The van der Waals surface area contributed by atoms with E-state index in [4.69, 9.17) is 9.84 Å². The molecule has 2 aliphatic carbocycles. The van der Waals surface area contributed by atoms with Crippen LogP contribution in [0.5, 0.6) is 5.75 Å². The number of benzene rings is 1. The number of allylic oxidation sites excluding steroid dienone is 1. The van der Waals surface area contributed by atoms with E-state index in [2.05, 4.69) is 17.9 Å². The van der Waals surface area contributed by atoms with Crippen LogP contribution < -0.4 is 34.3 Å². The minimum absolute atomic E-state index is 0. The van der Waals surface area contributed by atoms with Crippen molar-refractivity contribution in [3.8, 4) is 17.6 Å². The SMILES string of the molecule is CC#CC(CC(=O)O)c1ccc(OCC2=CCCC3(CCCC3)C2)cc1.[H-].[Na+]. The molecule has 1 aromatic rings. The fourth-order valence-corrected chi connectivity index (χ4v) is 4.46. The Bertz CT molecular complexity index is 724. The van der Waals surface area contributed by atoms with Gasteiger partial charge in [0.1, 0.15) is 12.4 Å². The monoisotopic (exact) mass is 376 g/mol. The van der Waals surface area contributed by atoms with Gasteiger partial charge in [0.05, 0.1) is 12.3 Å². The van der Waals surface area contributed by atoms with Crippen LogP contribution >= 0.6 is 0 Å². The van der Waals surface area contributed by atoms with Gasteiger partial charge in [-0.2, -0.15) is 0 Å². The first-order valence-corrected chi connectivity index (χ1v) is 9.65. The van der Waals surface area contributed by atoms with E-state index in [-0.39, 0.29) is 43.3 Å². The number of hydrogen-bond donors (Lipinski definition) is 1. The Morgan fingerprint density at radius 1 is 1.26 bits per heavy atom. The number of aliphatic carboxylic acids is 1. The van der Waals surface area contributed by atoms with Crippen molar-refractivity contribution in [2.24, 2.45) is 5.41 Å². The van der Waals surface area contributed by atoms with Crippen molar-refractivity contribution in [2.75, 3.05) is 6.61 Å². The Morgan fingerprint density at radius 3 is 2.59 bits per heavy atom. The molecule has 4 heteroatoms. The summed E-state index contributed by atoms with van der Waals surface area (Å²) < 4.78 is 6.00. The van der Waals surface area contributed by atoms with Crippen LogP contribution in [0.4, 0.5) is 0 Å². The molecule has 3 rings (SSSR count). The molecule has 140 valence electrons. The molecule has 1 fully saturated rings. The minimum Gasteiger partial charge on any atom is -1.00 e. The second-order valence-corrected chi connectivity index (χ2v) is 7.69. The molecule has 0 amide bonds. The summed E-state index contributed by atoms with van der Waals surface area (Å²) in [5.41, 5.74) is 2.92. The molecule has 0 aromatic heterocycles. The van der Waals surface area contributed by atoms with Gasteiger partial charge < -0.3 is 11.3 Å². The predicted octanol–water partition coefficient (Wildman–Crippen LogP) is 2.43. The van der Waals surface area contributed by atoms with Crippen LogP contribution in [0.25, 0.3) is 0 Å². The predicted molar refractivity (Wildman–Crippen MR) is 104 cm³/mol. The second kappa shape index (κ2) is 10.4. The summed E-state index contributed by atoms with van der Waals surface area (Å²) in [6, 6.07) is 7.72. The molecule has 0 radical (unpaired) electrons. The molecular formula is C23H29NaO3. The molecule has 1 saturated carbocycles. The Kier molecular flexibility index (Phi) is 8.48. The van der Waals surface area contributed by atoms with E-state index < -0.39 is 5.97 Å². The summed E-state index contributed by atoms with van der Waals surface area (Å²) in [6.07, 6.45) is 11.6. The van der Waals surface area contributed by atoms with Crippen molar-refractivity contribution < 1.29 is 45.6 Å². The van der Waals surface area contributed by atoms with Crippen LogP contribution in [0.2, 0.25) is 0 Å². The number of carboxylic acid groups (broad SMARTS) is 1. The fraction of sp³-hybridized carbons (Fsp3) is 0.522. The molecular weight excluding hydrogens is 347 g/mol. The van der Waals surface area contributed by atoms with Crippen molar-refractivity contribution in [3.63, 3.8) is 0 Å². The molecule has 0 heterocycles. The third kappa shape index (κ3) is 6.14. The molecule has 1 unspecified atom stereocenters. The van der Waals surface area contributed by atoms with E-state index in [9.17, 15) is 4.79 Å². The minimum atomic E-state index is -0.830. The maximum atomic E-state index is 11.0. The summed E-state index contributed by atoms with van der Waals surface area (Å²) in [7, 11) is 0. The maximum Gasteiger partial charge on any atom is 1.00 e. The molecule has 1 N–H and O–H groups in total. The summed E-state index contributed by atoms with van der Waals surface area (Å²) >= 11 is 0.